The maximum absolute atomic E-state index is 3.94. The molecule has 0 aliphatic heterocycles. The van der Waals surface area contributed by atoms with Crippen molar-refractivity contribution in [3.05, 3.63) is 85.1 Å². The maximum atomic E-state index is 3.94. The van der Waals surface area contributed by atoms with Crippen molar-refractivity contribution in [2.75, 3.05) is 0 Å². The van der Waals surface area contributed by atoms with Crippen molar-refractivity contribution in [2.24, 2.45) is 0 Å². The molecule has 0 bridgehead atoms. The van der Waals surface area contributed by atoms with Crippen LogP contribution in [-0.4, -0.2) is 0 Å². The molecule has 0 fully saturated rings. The minimum absolute atomic E-state index is 1.14. The Bertz CT molecular complexity index is 779. The normalized spacial score (nSPS) is 10.3. The lowest BCUT2D eigenvalue weighted by Gasteiger charge is -2.07. The number of nitrogens with zero attached hydrogens (tertiary/aromatic N) is 1. The molecular weight excluding hydrogens is 369 g/mol. The van der Waals surface area contributed by atoms with Crippen molar-refractivity contribution in [3.63, 3.8) is 0 Å². The summed E-state index contributed by atoms with van der Waals surface area (Å²) in [7, 11) is 0. The van der Waals surface area contributed by atoms with Crippen LogP contribution in [0.4, 0.5) is 0 Å². The highest BCUT2D eigenvalue weighted by Crippen LogP contribution is 2.28. The second-order valence-electron chi connectivity index (χ2n) is 4.77. The van der Waals surface area contributed by atoms with Gasteiger partial charge >= 0.3 is 22.9 Å². The van der Waals surface area contributed by atoms with Gasteiger partial charge in [0.25, 0.3) is 0 Å². The van der Waals surface area contributed by atoms with Crippen LogP contribution in [0.3, 0.4) is 0 Å². The van der Waals surface area contributed by atoms with E-state index in [0.29, 0.717) is 0 Å². The molecule has 3 rings (SSSR count). The van der Waals surface area contributed by atoms with Gasteiger partial charge in [-0.3, -0.25) is 0 Å². The van der Waals surface area contributed by atoms with Gasteiger partial charge in [-0.25, -0.2) is 0 Å². The van der Waals surface area contributed by atoms with E-state index >= 15 is 0 Å². The third kappa shape index (κ3) is 2.90. The van der Waals surface area contributed by atoms with Gasteiger partial charge in [-0.15, -0.1) is 2.78 Å². The summed E-state index contributed by atoms with van der Waals surface area (Å²) in [5, 5.41) is 0. The molecular formula is C19H15IN+. The minimum atomic E-state index is 1.14. The third-order valence-corrected chi connectivity index (χ3v) is 4.31. The number of hydrogen-bond donors (Lipinski definition) is 0. The number of pyridine rings is 1. The molecule has 1 nitrogen and oxygen atoms in total. The summed E-state index contributed by atoms with van der Waals surface area (Å²) in [6, 6.07) is 23.2. The van der Waals surface area contributed by atoms with E-state index in [1.165, 1.54) is 22.4 Å². The number of aromatic nitrogens is 1. The summed E-state index contributed by atoms with van der Waals surface area (Å²) in [4.78, 5) is 0. The van der Waals surface area contributed by atoms with E-state index in [1.807, 2.05) is 18.2 Å². The second kappa shape index (κ2) is 6.22. The topological polar surface area (TPSA) is 3.88 Å². The van der Waals surface area contributed by atoms with Crippen LogP contribution in [-0.2, 0) is 0 Å². The van der Waals surface area contributed by atoms with Crippen LogP contribution < -0.4 is 2.78 Å². The van der Waals surface area contributed by atoms with Crippen LogP contribution in [0, 0.1) is 0 Å². The van der Waals surface area contributed by atoms with Gasteiger partial charge in [0, 0.05) is 12.1 Å². The molecule has 1 heterocycles. The molecule has 0 atom stereocenters. The average molecular weight is 384 g/mol. The van der Waals surface area contributed by atoms with Crippen LogP contribution in [0.1, 0.15) is 5.56 Å². The summed E-state index contributed by atoms with van der Waals surface area (Å²) in [5.41, 5.74) is 5.96. The Hall–Kier alpha value is -1.94. The Labute approximate surface area is 139 Å². The zero-order chi connectivity index (χ0) is 14.7. The van der Waals surface area contributed by atoms with Crippen LogP contribution in [0.2, 0.25) is 0 Å². The Morgan fingerprint density at radius 1 is 0.857 bits per heavy atom. The SMILES string of the molecule is C=Cc1ccc(-c2ccccc2)cc1-c1cccc[n+]1I. The predicted molar refractivity (Wildman–Crippen MR) is 97.0 cm³/mol. The first-order chi connectivity index (χ1) is 10.3. The molecule has 0 aliphatic carbocycles. The fourth-order valence-electron chi connectivity index (χ4n) is 2.39. The largest absolute Gasteiger partial charge is 0.354 e. The van der Waals surface area contributed by atoms with Crippen molar-refractivity contribution in [1.29, 1.82) is 0 Å². The van der Waals surface area contributed by atoms with Gasteiger partial charge < -0.3 is 0 Å². The molecule has 0 unspecified atom stereocenters. The Morgan fingerprint density at radius 3 is 2.33 bits per heavy atom. The molecule has 21 heavy (non-hydrogen) atoms. The molecule has 0 saturated carbocycles. The number of rotatable bonds is 3. The monoisotopic (exact) mass is 384 g/mol. The quantitative estimate of drug-likeness (QED) is 0.550. The Kier molecular flexibility index (Phi) is 4.15. The van der Waals surface area contributed by atoms with Gasteiger partial charge in [0.05, 0.1) is 5.56 Å². The molecule has 0 N–H and O–H groups in total. The van der Waals surface area contributed by atoms with Crippen LogP contribution in [0.5, 0.6) is 0 Å². The van der Waals surface area contributed by atoms with Crippen LogP contribution in [0.25, 0.3) is 28.5 Å². The van der Waals surface area contributed by atoms with Gasteiger partial charge in [-0.1, -0.05) is 55.1 Å². The lowest BCUT2D eigenvalue weighted by molar-refractivity contribution is -0.427. The highest BCUT2D eigenvalue weighted by atomic mass is 127. The van der Waals surface area contributed by atoms with Crippen molar-refractivity contribution in [1.82, 2.24) is 0 Å². The van der Waals surface area contributed by atoms with E-state index in [-0.39, 0.29) is 0 Å². The molecule has 102 valence electrons. The standard InChI is InChI=1S/C19H15IN/c1-2-15-11-12-17(16-8-4-3-5-9-16)14-18(15)19-10-6-7-13-21(19)20/h2-14H,1H2/q+1. The van der Waals surface area contributed by atoms with E-state index < -0.39 is 0 Å². The average Bonchev–Trinajstić information content (AvgIpc) is 2.55. The first-order valence-electron chi connectivity index (χ1n) is 6.79. The predicted octanol–water partition coefficient (Wildman–Crippen LogP) is 5.15. The van der Waals surface area contributed by atoms with Crippen molar-refractivity contribution in [2.45, 2.75) is 0 Å². The first-order valence-corrected chi connectivity index (χ1v) is 7.75. The smallest absolute Gasteiger partial charge is 0.136 e. The lowest BCUT2D eigenvalue weighted by atomic mass is 9.97. The maximum Gasteiger partial charge on any atom is 0.354 e. The summed E-state index contributed by atoms with van der Waals surface area (Å²) < 4.78 is 2.11. The summed E-state index contributed by atoms with van der Waals surface area (Å²) >= 11 is 2.31. The van der Waals surface area contributed by atoms with Crippen LogP contribution >= 0.6 is 22.9 Å². The van der Waals surface area contributed by atoms with Gasteiger partial charge in [0.15, 0.2) is 6.20 Å². The molecule has 0 radical (unpaired) electrons. The van der Waals surface area contributed by atoms with Crippen molar-refractivity contribution < 1.29 is 2.78 Å². The first kappa shape index (κ1) is 14.0. The highest BCUT2D eigenvalue weighted by Gasteiger charge is 2.14. The number of halogens is 1. The number of hydrogen-bond acceptors (Lipinski definition) is 0. The van der Waals surface area contributed by atoms with E-state index in [2.05, 4.69) is 93.0 Å². The van der Waals surface area contributed by atoms with Gasteiger partial charge in [0.1, 0.15) is 0 Å². The van der Waals surface area contributed by atoms with Gasteiger partial charge in [-0.05, 0) is 28.8 Å². The van der Waals surface area contributed by atoms with Crippen LogP contribution in [0.15, 0.2) is 79.5 Å². The molecule has 0 spiro atoms. The fraction of sp³-hybridized carbons (Fsp3) is 0. The van der Waals surface area contributed by atoms with Gasteiger partial charge in [-0.2, -0.15) is 0 Å². The zero-order valence-electron chi connectivity index (χ0n) is 11.5. The Balaban J connectivity index is 2.19. The third-order valence-electron chi connectivity index (χ3n) is 3.47. The molecule has 1 aromatic heterocycles. The molecule has 2 aromatic carbocycles. The molecule has 0 amide bonds. The molecule has 0 saturated heterocycles. The summed E-state index contributed by atoms with van der Waals surface area (Å²) in [6.07, 6.45) is 3.96. The summed E-state index contributed by atoms with van der Waals surface area (Å²) in [6.45, 7) is 3.94. The molecule has 0 aliphatic rings. The van der Waals surface area contributed by atoms with E-state index in [9.17, 15) is 0 Å². The van der Waals surface area contributed by atoms with E-state index in [0.717, 1.165) is 5.56 Å². The Morgan fingerprint density at radius 2 is 1.62 bits per heavy atom. The van der Waals surface area contributed by atoms with E-state index in [4.69, 9.17) is 0 Å². The van der Waals surface area contributed by atoms with Crippen molar-refractivity contribution >= 4 is 28.9 Å². The minimum Gasteiger partial charge on any atom is -0.136 e. The lowest BCUT2D eigenvalue weighted by Crippen LogP contribution is -2.21. The fourth-order valence-corrected chi connectivity index (χ4v) is 3.00. The summed E-state index contributed by atoms with van der Waals surface area (Å²) in [5.74, 6) is 0. The molecule has 3 aromatic rings. The van der Waals surface area contributed by atoms with E-state index in [1.54, 1.807) is 0 Å². The molecule has 2 heteroatoms. The zero-order valence-corrected chi connectivity index (χ0v) is 13.7. The highest BCUT2D eigenvalue weighted by molar-refractivity contribution is 14.1. The van der Waals surface area contributed by atoms with Crippen molar-refractivity contribution in [3.8, 4) is 22.4 Å². The number of benzene rings is 2. The van der Waals surface area contributed by atoms with Gasteiger partial charge in [0.2, 0.25) is 5.69 Å². The second-order valence-corrected chi connectivity index (χ2v) is 5.81.